The van der Waals surface area contributed by atoms with Crippen molar-refractivity contribution in [3.63, 3.8) is 0 Å². The molecule has 0 fully saturated rings. The zero-order valence-corrected chi connectivity index (χ0v) is 16.4. The molecule has 1 aromatic carbocycles. The van der Waals surface area contributed by atoms with E-state index >= 15 is 0 Å². The third-order valence-corrected chi connectivity index (χ3v) is 4.48. The second-order valence-electron chi connectivity index (χ2n) is 6.58. The number of hydrogen-bond acceptors (Lipinski definition) is 6. The van der Waals surface area contributed by atoms with E-state index in [9.17, 15) is 23.2 Å². The summed E-state index contributed by atoms with van der Waals surface area (Å²) in [5.41, 5.74) is -1.08. The lowest BCUT2D eigenvalue weighted by molar-refractivity contribution is -0.143. The number of amides is 1. The number of nitrogens with zero attached hydrogens (tertiary/aromatic N) is 7. The van der Waals surface area contributed by atoms with Crippen LogP contribution in [0.4, 0.5) is 18.9 Å². The fourth-order valence-corrected chi connectivity index (χ4v) is 3.06. The van der Waals surface area contributed by atoms with Gasteiger partial charge in [-0.2, -0.15) is 33.7 Å². The number of rotatable bonds is 4. The van der Waals surface area contributed by atoms with Crippen molar-refractivity contribution in [1.29, 1.82) is 5.26 Å². The van der Waals surface area contributed by atoms with Crippen molar-refractivity contribution in [3.05, 3.63) is 77.5 Å². The number of para-hydroxylation sites is 1. The van der Waals surface area contributed by atoms with E-state index in [-0.39, 0.29) is 22.8 Å². The van der Waals surface area contributed by atoms with Crippen molar-refractivity contribution in [2.24, 2.45) is 0 Å². The summed E-state index contributed by atoms with van der Waals surface area (Å²) in [6.45, 7) is 1.64. The van der Waals surface area contributed by atoms with Crippen LogP contribution in [0, 0.1) is 18.3 Å². The van der Waals surface area contributed by atoms with E-state index in [0.717, 1.165) is 11.0 Å². The molecule has 0 radical (unpaired) electrons. The molecule has 4 rings (SSSR count). The monoisotopic (exact) mass is 438 g/mol. The van der Waals surface area contributed by atoms with Crippen LogP contribution in [0.25, 0.3) is 11.5 Å². The fraction of sp³-hybridized carbons (Fsp3) is 0.100. The second-order valence-corrected chi connectivity index (χ2v) is 6.58. The van der Waals surface area contributed by atoms with E-state index in [0.29, 0.717) is 10.2 Å². The lowest BCUT2D eigenvalue weighted by Gasteiger charge is -2.14. The van der Waals surface area contributed by atoms with Crippen molar-refractivity contribution in [2.45, 2.75) is 13.1 Å². The smallest absolute Gasteiger partial charge is 0.320 e. The number of nitrogens with one attached hydrogen (secondary N) is 1. The minimum Gasteiger partial charge on any atom is -0.320 e. The molecule has 0 aliphatic heterocycles. The molecule has 32 heavy (non-hydrogen) atoms. The average Bonchev–Trinajstić information content (AvgIpc) is 3.44. The topological polar surface area (TPSA) is 114 Å². The first-order valence-corrected chi connectivity index (χ1v) is 9.09. The van der Waals surface area contributed by atoms with Crippen LogP contribution in [0.1, 0.15) is 27.2 Å². The summed E-state index contributed by atoms with van der Waals surface area (Å²) >= 11 is 0. The Morgan fingerprint density at radius 1 is 1.12 bits per heavy atom. The van der Waals surface area contributed by atoms with Crippen molar-refractivity contribution >= 4 is 11.6 Å². The molecule has 0 atom stereocenters. The number of nitriles is 1. The number of benzene rings is 1. The van der Waals surface area contributed by atoms with Crippen LogP contribution in [-0.4, -0.2) is 35.7 Å². The summed E-state index contributed by atoms with van der Waals surface area (Å²) in [5, 5.41) is 23.3. The highest BCUT2D eigenvalue weighted by Gasteiger charge is 2.40. The third kappa shape index (κ3) is 3.79. The Labute approximate surface area is 178 Å². The van der Waals surface area contributed by atoms with Crippen LogP contribution in [0.2, 0.25) is 0 Å². The van der Waals surface area contributed by atoms with E-state index in [1.54, 1.807) is 25.1 Å². The molecule has 160 valence electrons. The van der Waals surface area contributed by atoms with Gasteiger partial charge in [0.2, 0.25) is 0 Å². The van der Waals surface area contributed by atoms with Gasteiger partial charge in [-0.3, -0.25) is 4.79 Å². The van der Waals surface area contributed by atoms with Crippen molar-refractivity contribution in [2.75, 3.05) is 5.32 Å². The van der Waals surface area contributed by atoms with Gasteiger partial charge in [0.05, 0.1) is 41.7 Å². The van der Waals surface area contributed by atoms with E-state index in [1.165, 1.54) is 30.7 Å². The van der Waals surface area contributed by atoms with E-state index < -0.39 is 23.3 Å². The van der Waals surface area contributed by atoms with Crippen LogP contribution < -0.4 is 5.32 Å². The lowest BCUT2D eigenvalue weighted by atomic mass is 10.1. The standard InChI is InChI=1S/C20H13F3N8O/c1-12-4-2-3-5-16(12)30-17(20(21,22)23)15(11-28-30)19(32)29-14-8-13(9-24)18(25-10-14)31-26-6-7-27-31/h2-8,10-11H,1H3,(H,29,32). The third-order valence-electron chi connectivity index (χ3n) is 4.48. The Balaban J connectivity index is 1.70. The number of aryl methyl sites for hydroxylation is 1. The molecule has 0 bridgehead atoms. The predicted octanol–water partition coefficient (Wildman–Crippen LogP) is 3.30. The highest BCUT2D eigenvalue weighted by molar-refractivity contribution is 6.05. The van der Waals surface area contributed by atoms with Crippen LogP contribution in [-0.2, 0) is 6.18 Å². The quantitative estimate of drug-likeness (QED) is 0.523. The van der Waals surface area contributed by atoms with Crippen molar-refractivity contribution < 1.29 is 18.0 Å². The molecule has 9 nitrogen and oxygen atoms in total. The van der Waals surface area contributed by atoms with Gasteiger partial charge in [0.15, 0.2) is 11.5 Å². The number of carbonyl (C=O) groups excluding carboxylic acids is 1. The highest BCUT2D eigenvalue weighted by atomic mass is 19.4. The highest BCUT2D eigenvalue weighted by Crippen LogP contribution is 2.34. The minimum absolute atomic E-state index is 0.0191. The van der Waals surface area contributed by atoms with Crippen LogP contribution in [0.5, 0.6) is 0 Å². The number of halogens is 3. The molecule has 0 spiro atoms. The van der Waals surface area contributed by atoms with Gasteiger partial charge in [0.1, 0.15) is 11.6 Å². The van der Waals surface area contributed by atoms with Crippen molar-refractivity contribution in [1.82, 2.24) is 29.8 Å². The number of carbonyl (C=O) groups is 1. The molecular weight excluding hydrogens is 425 g/mol. The number of aromatic nitrogens is 6. The molecule has 1 amide bonds. The Kier molecular flexibility index (Phi) is 5.15. The Bertz CT molecular complexity index is 1340. The minimum atomic E-state index is -4.85. The Morgan fingerprint density at radius 3 is 2.50 bits per heavy atom. The van der Waals surface area contributed by atoms with E-state index in [4.69, 9.17) is 0 Å². The van der Waals surface area contributed by atoms with E-state index in [2.05, 4.69) is 25.6 Å². The first-order chi connectivity index (χ1) is 15.3. The summed E-state index contributed by atoms with van der Waals surface area (Å²) in [6.07, 6.45) is -0.0224. The van der Waals surface area contributed by atoms with Gasteiger partial charge in [-0.15, -0.1) is 4.80 Å². The molecule has 1 N–H and O–H groups in total. The maximum Gasteiger partial charge on any atom is 0.434 e. The molecule has 12 heteroatoms. The summed E-state index contributed by atoms with van der Waals surface area (Å²) in [6, 6.07) is 9.54. The van der Waals surface area contributed by atoms with Crippen molar-refractivity contribution in [3.8, 4) is 17.6 Å². The number of anilines is 1. The fourth-order valence-electron chi connectivity index (χ4n) is 3.06. The molecule has 0 unspecified atom stereocenters. The van der Waals surface area contributed by atoms with Crippen LogP contribution in [0.3, 0.4) is 0 Å². The SMILES string of the molecule is Cc1ccccc1-n1ncc(C(=O)Nc2cnc(-n3nccn3)c(C#N)c2)c1C(F)(F)F. The molecular formula is C20H13F3N8O. The second kappa shape index (κ2) is 7.95. The average molecular weight is 438 g/mol. The summed E-state index contributed by atoms with van der Waals surface area (Å²) in [5.74, 6) is -0.938. The zero-order valence-electron chi connectivity index (χ0n) is 16.4. The summed E-state index contributed by atoms with van der Waals surface area (Å²) in [7, 11) is 0. The molecule has 0 saturated heterocycles. The zero-order chi connectivity index (χ0) is 22.9. The van der Waals surface area contributed by atoms with E-state index in [1.807, 2.05) is 6.07 Å². The number of alkyl halides is 3. The maximum atomic E-state index is 13.9. The molecule has 0 saturated carbocycles. The number of pyridine rings is 1. The van der Waals surface area contributed by atoms with Crippen LogP contribution in [0.15, 0.2) is 55.1 Å². The summed E-state index contributed by atoms with van der Waals surface area (Å²) < 4.78 is 42.3. The lowest BCUT2D eigenvalue weighted by Crippen LogP contribution is -2.21. The van der Waals surface area contributed by atoms with Gasteiger partial charge in [-0.1, -0.05) is 18.2 Å². The molecule has 0 aliphatic rings. The van der Waals surface area contributed by atoms with Gasteiger partial charge in [-0.05, 0) is 24.6 Å². The normalized spacial score (nSPS) is 11.2. The summed E-state index contributed by atoms with van der Waals surface area (Å²) in [4.78, 5) is 17.9. The molecule has 0 aliphatic carbocycles. The Morgan fingerprint density at radius 2 is 1.84 bits per heavy atom. The van der Waals surface area contributed by atoms with Gasteiger partial charge in [-0.25, -0.2) is 9.67 Å². The molecule has 3 heterocycles. The number of hydrogen-bond donors (Lipinski definition) is 1. The maximum absolute atomic E-state index is 13.9. The largest absolute Gasteiger partial charge is 0.434 e. The first-order valence-electron chi connectivity index (χ1n) is 9.09. The predicted molar refractivity (Wildman–Crippen MR) is 105 cm³/mol. The Hall–Kier alpha value is -4.53. The van der Waals surface area contributed by atoms with Gasteiger partial charge in [0, 0.05) is 0 Å². The molecule has 4 aromatic rings. The first kappa shape index (κ1) is 20.7. The van der Waals surface area contributed by atoms with Crippen LogP contribution >= 0.6 is 0 Å². The van der Waals surface area contributed by atoms with Gasteiger partial charge < -0.3 is 5.32 Å². The molecule has 3 aromatic heterocycles. The van der Waals surface area contributed by atoms with Gasteiger partial charge in [0.25, 0.3) is 5.91 Å². The van der Waals surface area contributed by atoms with Gasteiger partial charge >= 0.3 is 6.18 Å².